The minimum absolute atomic E-state index is 0.203. The fourth-order valence-electron chi connectivity index (χ4n) is 1.62. The molecule has 0 unspecified atom stereocenters. The van der Waals surface area contributed by atoms with E-state index >= 15 is 0 Å². The van der Waals surface area contributed by atoms with Crippen molar-refractivity contribution in [3.8, 4) is 11.8 Å². The van der Waals surface area contributed by atoms with Gasteiger partial charge >= 0.3 is 0 Å². The maximum Gasteiger partial charge on any atom is 0.223 e. The third-order valence-electron chi connectivity index (χ3n) is 2.37. The summed E-state index contributed by atoms with van der Waals surface area (Å²) in [6.45, 7) is 6.75. The zero-order chi connectivity index (χ0) is 11.5. The molecule has 2 nitrogen and oxygen atoms in total. The first-order chi connectivity index (χ1) is 7.26. The zero-order valence-corrected chi connectivity index (χ0v) is 10.2. The maximum absolute atomic E-state index is 11.7. The molecule has 0 aliphatic carbocycles. The van der Waals surface area contributed by atoms with Crippen LogP contribution in [0, 0.1) is 17.8 Å². The SMILES string of the molecule is CC#CCCNC(=O)C(CCC)CCC. The number of carbonyl (C=O) groups is 1. The zero-order valence-electron chi connectivity index (χ0n) is 10.2. The van der Waals surface area contributed by atoms with E-state index in [-0.39, 0.29) is 11.8 Å². The third-order valence-corrected chi connectivity index (χ3v) is 2.37. The van der Waals surface area contributed by atoms with Crippen molar-refractivity contribution in [2.75, 3.05) is 6.54 Å². The lowest BCUT2D eigenvalue weighted by Gasteiger charge is -2.14. The monoisotopic (exact) mass is 209 g/mol. The Hall–Kier alpha value is -0.970. The van der Waals surface area contributed by atoms with Crippen LogP contribution in [0.5, 0.6) is 0 Å². The Kier molecular flexibility index (Phi) is 8.96. The van der Waals surface area contributed by atoms with Crippen LogP contribution in [0.1, 0.15) is 52.9 Å². The van der Waals surface area contributed by atoms with Gasteiger partial charge in [-0.15, -0.1) is 11.8 Å². The Morgan fingerprint density at radius 1 is 1.27 bits per heavy atom. The summed E-state index contributed by atoms with van der Waals surface area (Å²) in [6.07, 6.45) is 4.91. The van der Waals surface area contributed by atoms with Crippen molar-refractivity contribution in [1.82, 2.24) is 5.32 Å². The molecule has 0 aromatic heterocycles. The number of rotatable bonds is 7. The van der Waals surface area contributed by atoms with Gasteiger partial charge in [-0.2, -0.15) is 0 Å². The van der Waals surface area contributed by atoms with Crippen LogP contribution in [0.2, 0.25) is 0 Å². The lowest BCUT2D eigenvalue weighted by Crippen LogP contribution is -2.31. The highest BCUT2D eigenvalue weighted by Crippen LogP contribution is 2.13. The molecule has 86 valence electrons. The van der Waals surface area contributed by atoms with Crippen molar-refractivity contribution >= 4 is 5.91 Å². The molecule has 0 atom stereocenters. The van der Waals surface area contributed by atoms with E-state index in [1.165, 1.54) is 0 Å². The summed E-state index contributed by atoms with van der Waals surface area (Å²) in [5, 5.41) is 2.95. The van der Waals surface area contributed by atoms with E-state index in [0.717, 1.165) is 32.1 Å². The number of nitrogens with one attached hydrogen (secondary N) is 1. The largest absolute Gasteiger partial charge is 0.355 e. The number of hydrogen-bond acceptors (Lipinski definition) is 1. The maximum atomic E-state index is 11.7. The molecule has 0 saturated heterocycles. The number of hydrogen-bond donors (Lipinski definition) is 1. The van der Waals surface area contributed by atoms with Crippen molar-refractivity contribution in [2.45, 2.75) is 52.9 Å². The summed E-state index contributed by atoms with van der Waals surface area (Å²) in [6, 6.07) is 0. The van der Waals surface area contributed by atoms with Gasteiger partial charge in [0.15, 0.2) is 0 Å². The van der Waals surface area contributed by atoms with Crippen LogP contribution in [0.4, 0.5) is 0 Å². The first kappa shape index (κ1) is 14.0. The molecular weight excluding hydrogens is 186 g/mol. The number of carbonyl (C=O) groups excluding carboxylic acids is 1. The average Bonchev–Trinajstić information content (AvgIpc) is 2.24. The molecule has 0 bridgehead atoms. The van der Waals surface area contributed by atoms with E-state index < -0.39 is 0 Å². The molecule has 0 radical (unpaired) electrons. The number of amides is 1. The molecule has 0 aromatic rings. The van der Waals surface area contributed by atoms with E-state index in [0.29, 0.717) is 6.54 Å². The smallest absolute Gasteiger partial charge is 0.223 e. The Morgan fingerprint density at radius 3 is 2.33 bits per heavy atom. The molecule has 0 aliphatic heterocycles. The van der Waals surface area contributed by atoms with Crippen LogP contribution in [0.25, 0.3) is 0 Å². The van der Waals surface area contributed by atoms with Crippen molar-refractivity contribution in [3.05, 3.63) is 0 Å². The van der Waals surface area contributed by atoms with Crippen LogP contribution >= 0.6 is 0 Å². The van der Waals surface area contributed by atoms with E-state index in [1.807, 2.05) is 6.92 Å². The summed E-state index contributed by atoms with van der Waals surface area (Å²) in [4.78, 5) is 11.7. The highest BCUT2D eigenvalue weighted by molar-refractivity contribution is 5.78. The quantitative estimate of drug-likeness (QED) is 0.507. The van der Waals surface area contributed by atoms with Crippen molar-refractivity contribution in [2.24, 2.45) is 5.92 Å². The fourth-order valence-corrected chi connectivity index (χ4v) is 1.62. The summed E-state index contributed by atoms with van der Waals surface area (Å²) in [5.74, 6) is 6.17. The van der Waals surface area contributed by atoms with Gasteiger partial charge in [-0.25, -0.2) is 0 Å². The molecule has 0 heterocycles. The molecule has 1 amide bonds. The Morgan fingerprint density at radius 2 is 1.87 bits per heavy atom. The van der Waals surface area contributed by atoms with E-state index in [4.69, 9.17) is 0 Å². The molecule has 1 N–H and O–H groups in total. The van der Waals surface area contributed by atoms with Gasteiger partial charge in [-0.1, -0.05) is 26.7 Å². The lowest BCUT2D eigenvalue weighted by molar-refractivity contribution is -0.125. The standard InChI is InChI=1S/C13H23NO/c1-4-7-8-11-14-13(15)12(9-5-2)10-6-3/h12H,5-6,8-11H2,1-3H3,(H,14,15). The van der Waals surface area contributed by atoms with Crippen LogP contribution in [0.15, 0.2) is 0 Å². The second-order valence-electron chi connectivity index (χ2n) is 3.74. The first-order valence-corrected chi connectivity index (χ1v) is 5.93. The molecule has 0 rings (SSSR count). The molecule has 0 spiro atoms. The Labute approximate surface area is 93.8 Å². The second kappa shape index (κ2) is 9.58. The summed E-state index contributed by atoms with van der Waals surface area (Å²) < 4.78 is 0. The van der Waals surface area contributed by atoms with E-state index in [2.05, 4.69) is 31.0 Å². The van der Waals surface area contributed by atoms with Gasteiger partial charge in [-0.05, 0) is 19.8 Å². The Balaban J connectivity index is 3.83. The normalized spacial score (nSPS) is 9.60. The molecule has 0 aliphatic rings. The topological polar surface area (TPSA) is 29.1 Å². The molecule has 2 heteroatoms. The summed E-state index contributed by atoms with van der Waals surface area (Å²) in [5.41, 5.74) is 0. The first-order valence-electron chi connectivity index (χ1n) is 5.93. The van der Waals surface area contributed by atoms with Crippen molar-refractivity contribution < 1.29 is 4.79 Å². The van der Waals surface area contributed by atoms with Crippen LogP contribution in [-0.4, -0.2) is 12.5 Å². The van der Waals surface area contributed by atoms with Gasteiger partial charge in [0.25, 0.3) is 0 Å². The molecule has 0 saturated carbocycles. The third kappa shape index (κ3) is 7.02. The van der Waals surface area contributed by atoms with Crippen LogP contribution in [-0.2, 0) is 4.79 Å². The van der Waals surface area contributed by atoms with Gasteiger partial charge < -0.3 is 5.32 Å². The predicted molar refractivity (Wildman–Crippen MR) is 64.4 cm³/mol. The summed E-state index contributed by atoms with van der Waals surface area (Å²) >= 11 is 0. The highest BCUT2D eigenvalue weighted by atomic mass is 16.1. The molecule has 0 aromatic carbocycles. The van der Waals surface area contributed by atoms with Gasteiger partial charge in [-0.3, -0.25) is 4.79 Å². The average molecular weight is 209 g/mol. The second-order valence-corrected chi connectivity index (χ2v) is 3.74. The predicted octanol–water partition coefficient (Wildman–Crippen LogP) is 2.73. The van der Waals surface area contributed by atoms with E-state index in [9.17, 15) is 4.79 Å². The summed E-state index contributed by atoms with van der Waals surface area (Å²) in [7, 11) is 0. The van der Waals surface area contributed by atoms with Crippen LogP contribution < -0.4 is 5.32 Å². The van der Waals surface area contributed by atoms with E-state index in [1.54, 1.807) is 0 Å². The lowest BCUT2D eigenvalue weighted by atomic mass is 9.97. The highest BCUT2D eigenvalue weighted by Gasteiger charge is 2.15. The minimum Gasteiger partial charge on any atom is -0.355 e. The van der Waals surface area contributed by atoms with Crippen LogP contribution in [0.3, 0.4) is 0 Å². The minimum atomic E-state index is 0.203. The molecule has 15 heavy (non-hydrogen) atoms. The van der Waals surface area contributed by atoms with Gasteiger partial charge in [0, 0.05) is 18.9 Å². The van der Waals surface area contributed by atoms with Gasteiger partial charge in [0.1, 0.15) is 0 Å². The molecular formula is C13H23NO. The van der Waals surface area contributed by atoms with Crippen molar-refractivity contribution in [1.29, 1.82) is 0 Å². The molecule has 0 fully saturated rings. The Bertz CT molecular complexity index is 218. The van der Waals surface area contributed by atoms with Gasteiger partial charge in [0.2, 0.25) is 5.91 Å². The van der Waals surface area contributed by atoms with Gasteiger partial charge in [0.05, 0.1) is 0 Å². The fraction of sp³-hybridized carbons (Fsp3) is 0.769. The van der Waals surface area contributed by atoms with Crippen molar-refractivity contribution in [3.63, 3.8) is 0 Å².